The molecule has 1 atom stereocenters. The molecule has 0 fully saturated rings. The molecule has 1 aliphatic rings. The molecule has 1 unspecified atom stereocenters. The number of halogens is 2. The first kappa shape index (κ1) is 12.0. The van der Waals surface area contributed by atoms with Gasteiger partial charge in [-0.05, 0) is 24.1 Å². The first-order chi connectivity index (χ1) is 7.99. The van der Waals surface area contributed by atoms with E-state index in [1.54, 1.807) is 12.1 Å². The van der Waals surface area contributed by atoms with Crippen molar-refractivity contribution in [3.63, 3.8) is 0 Å². The number of fused-ring (bicyclic) bond motifs is 1. The molecule has 0 aliphatic heterocycles. The monoisotopic (exact) mass is 256 g/mol. The van der Waals surface area contributed by atoms with Gasteiger partial charge in [-0.2, -0.15) is 0 Å². The third-order valence-corrected chi connectivity index (χ3v) is 3.16. The van der Waals surface area contributed by atoms with Gasteiger partial charge >= 0.3 is 5.97 Å². The average Bonchev–Trinajstić information content (AvgIpc) is 2.33. The fourth-order valence-electron chi connectivity index (χ4n) is 1.97. The molecule has 0 saturated carbocycles. The first-order valence-electron chi connectivity index (χ1n) is 5.09. The molecule has 0 bridgehead atoms. The third kappa shape index (κ3) is 1.82. The van der Waals surface area contributed by atoms with E-state index in [9.17, 15) is 14.0 Å². The van der Waals surface area contributed by atoms with Crippen LogP contribution in [0.15, 0.2) is 18.2 Å². The van der Waals surface area contributed by atoms with Crippen LogP contribution in [0.5, 0.6) is 0 Å². The van der Waals surface area contributed by atoms with E-state index < -0.39 is 17.4 Å². The second kappa shape index (κ2) is 4.11. The lowest BCUT2D eigenvalue weighted by Gasteiger charge is -2.27. The summed E-state index contributed by atoms with van der Waals surface area (Å²) in [5.74, 6) is -2.01. The van der Waals surface area contributed by atoms with Gasteiger partial charge in [0.1, 0.15) is 0 Å². The van der Waals surface area contributed by atoms with Crippen molar-refractivity contribution in [2.75, 3.05) is 7.11 Å². The second-order valence-electron chi connectivity index (χ2n) is 3.92. The molecule has 1 aliphatic carbocycles. The molecule has 0 saturated heterocycles. The molecule has 5 heteroatoms. The van der Waals surface area contributed by atoms with E-state index in [2.05, 4.69) is 4.74 Å². The SMILES string of the molecule is COC(=O)C1(F)CCc2ccc(Cl)cc2C1=O. The topological polar surface area (TPSA) is 43.4 Å². The third-order valence-electron chi connectivity index (χ3n) is 2.92. The predicted octanol–water partition coefficient (Wildman–Crippen LogP) is 2.35. The first-order valence-corrected chi connectivity index (χ1v) is 5.47. The number of ether oxygens (including phenoxy) is 1. The smallest absolute Gasteiger partial charge is 0.351 e. The minimum Gasteiger partial charge on any atom is -0.466 e. The number of ketones is 1. The Morgan fingerprint density at radius 2 is 2.24 bits per heavy atom. The maximum Gasteiger partial charge on any atom is 0.351 e. The van der Waals surface area contributed by atoms with E-state index in [1.165, 1.54) is 6.07 Å². The number of esters is 1. The van der Waals surface area contributed by atoms with Crippen molar-refractivity contribution in [3.8, 4) is 0 Å². The number of Topliss-reactive ketones (excluding diaryl/α,β-unsaturated/α-hetero) is 1. The van der Waals surface area contributed by atoms with Crippen LogP contribution in [0.2, 0.25) is 5.02 Å². The summed E-state index contributed by atoms with van der Waals surface area (Å²) in [6.45, 7) is 0. The number of aryl methyl sites for hydroxylation is 1. The Labute approximate surface area is 103 Å². The summed E-state index contributed by atoms with van der Waals surface area (Å²) in [6.07, 6.45) is 0.122. The fraction of sp³-hybridized carbons (Fsp3) is 0.333. The largest absolute Gasteiger partial charge is 0.466 e. The maximum absolute atomic E-state index is 14.3. The van der Waals surface area contributed by atoms with Crippen LogP contribution in [0.3, 0.4) is 0 Å². The van der Waals surface area contributed by atoms with Crippen LogP contribution in [0, 0.1) is 0 Å². The van der Waals surface area contributed by atoms with Crippen LogP contribution in [0.4, 0.5) is 4.39 Å². The van der Waals surface area contributed by atoms with Crippen LogP contribution in [0.25, 0.3) is 0 Å². The van der Waals surface area contributed by atoms with E-state index in [4.69, 9.17) is 11.6 Å². The quantitative estimate of drug-likeness (QED) is 0.572. The van der Waals surface area contributed by atoms with E-state index in [0.717, 1.165) is 7.11 Å². The van der Waals surface area contributed by atoms with Crippen molar-refractivity contribution < 1.29 is 18.7 Å². The number of rotatable bonds is 1. The molecule has 0 spiro atoms. The van der Waals surface area contributed by atoms with Gasteiger partial charge in [-0.25, -0.2) is 9.18 Å². The standard InChI is InChI=1S/C12H10ClFO3/c1-17-11(16)12(14)5-4-7-2-3-8(13)6-9(7)10(12)15/h2-3,6H,4-5H2,1H3. The highest BCUT2D eigenvalue weighted by Gasteiger charge is 2.50. The van der Waals surface area contributed by atoms with Gasteiger partial charge in [-0.3, -0.25) is 4.79 Å². The van der Waals surface area contributed by atoms with Gasteiger partial charge in [0.25, 0.3) is 5.67 Å². The van der Waals surface area contributed by atoms with E-state index in [-0.39, 0.29) is 12.0 Å². The number of hydrogen-bond acceptors (Lipinski definition) is 3. The van der Waals surface area contributed by atoms with Crippen molar-refractivity contribution in [1.82, 2.24) is 0 Å². The molecule has 0 radical (unpaired) electrons. The zero-order chi connectivity index (χ0) is 12.6. The number of alkyl halides is 1. The second-order valence-corrected chi connectivity index (χ2v) is 4.36. The van der Waals surface area contributed by atoms with Crippen LogP contribution in [-0.2, 0) is 16.0 Å². The molecule has 0 amide bonds. The van der Waals surface area contributed by atoms with Gasteiger partial charge in [0.05, 0.1) is 7.11 Å². The van der Waals surface area contributed by atoms with E-state index in [1.807, 2.05) is 0 Å². The summed E-state index contributed by atoms with van der Waals surface area (Å²) in [5.41, 5.74) is -1.71. The maximum atomic E-state index is 14.3. The Hall–Kier alpha value is -1.42. The lowest BCUT2D eigenvalue weighted by Crippen LogP contribution is -2.46. The van der Waals surface area contributed by atoms with Crippen molar-refractivity contribution in [2.24, 2.45) is 0 Å². The summed E-state index contributed by atoms with van der Waals surface area (Å²) >= 11 is 5.76. The summed E-state index contributed by atoms with van der Waals surface area (Å²) in [4.78, 5) is 23.3. The lowest BCUT2D eigenvalue weighted by atomic mass is 9.80. The molecular weight excluding hydrogens is 247 g/mol. The minimum absolute atomic E-state index is 0.164. The summed E-state index contributed by atoms with van der Waals surface area (Å²) in [6, 6.07) is 4.69. The Kier molecular flexibility index (Phi) is 2.91. The van der Waals surface area contributed by atoms with Crippen LogP contribution in [0.1, 0.15) is 22.3 Å². The Bertz CT molecular complexity index is 501. The van der Waals surface area contributed by atoms with Crippen LogP contribution < -0.4 is 0 Å². The molecule has 90 valence electrons. The Morgan fingerprint density at radius 1 is 1.53 bits per heavy atom. The molecule has 0 heterocycles. The normalized spacial score (nSPS) is 23.1. The summed E-state index contributed by atoms with van der Waals surface area (Å²) in [7, 11) is 1.06. The minimum atomic E-state index is -2.58. The Morgan fingerprint density at radius 3 is 2.88 bits per heavy atom. The molecule has 2 rings (SSSR count). The molecule has 17 heavy (non-hydrogen) atoms. The van der Waals surface area contributed by atoms with Gasteiger partial charge < -0.3 is 4.74 Å². The van der Waals surface area contributed by atoms with Crippen molar-refractivity contribution in [3.05, 3.63) is 34.3 Å². The number of carbonyl (C=O) groups is 2. The van der Waals surface area contributed by atoms with Crippen LogP contribution >= 0.6 is 11.6 Å². The number of hydrogen-bond donors (Lipinski definition) is 0. The van der Waals surface area contributed by atoms with E-state index >= 15 is 0 Å². The highest BCUT2D eigenvalue weighted by molar-refractivity contribution is 6.31. The average molecular weight is 257 g/mol. The molecular formula is C12H10ClFO3. The van der Waals surface area contributed by atoms with Crippen molar-refractivity contribution >= 4 is 23.4 Å². The van der Waals surface area contributed by atoms with Gasteiger partial charge in [0, 0.05) is 17.0 Å². The summed E-state index contributed by atoms with van der Waals surface area (Å²) < 4.78 is 18.6. The molecule has 1 aromatic rings. The predicted molar refractivity (Wildman–Crippen MR) is 60.0 cm³/mol. The van der Waals surface area contributed by atoms with Crippen LogP contribution in [-0.4, -0.2) is 24.5 Å². The molecule has 3 nitrogen and oxygen atoms in total. The number of methoxy groups -OCH3 is 1. The zero-order valence-corrected chi connectivity index (χ0v) is 9.88. The van der Waals surface area contributed by atoms with Crippen molar-refractivity contribution in [2.45, 2.75) is 18.5 Å². The Balaban J connectivity index is 2.48. The fourth-order valence-corrected chi connectivity index (χ4v) is 2.14. The zero-order valence-electron chi connectivity index (χ0n) is 9.13. The van der Waals surface area contributed by atoms with Gasteiger partial charge in [-0.1, -0.05) is 17.7 Å². The number of carbonyl (C=O) groups excluding carboxylic acids is 2. The van der Waals surface area contributed by atoms with Gasteiger partial charge in [-0.15, -0.1) is 0 Å². The summed E-state index contributed by atoms with van der Waals surface area (Å²) in [5, 5.41) is 0.339. The highest BCUT2D eigenvalue weighted by atomic mass is 35.5. The number of benzene rings is 1. The molecule has 0 aromatic heterocycles. The molecule has 0 N–H and O–H groups in total. The molecule has 1 aromatic carbocycles. The van der Waals surface area contributed by atoms with Gasteiger partial charge in [0.15, 0.2) is 0 Å². The highest BCUT2D eigenvalue weighted by Crippen LogP contribution is 2.34. The van der Waals surface area contributed by atoms with Gasteiger partial charge in [0.2, 0.25) is 5.78 Å². The van der Waals surface area contributed by atoms with Crippen molar-refractivity contribution in [1.29, 1.82) is 0 Å². The lowest BCUT2D eigenvalue weighted by molar-refractivity contribution is -0.151. The van der Waals surface area contributed by atoms with E-state index in [0.29, 0.717) is 17.0 Å².